The Morgan fingerprint density at radius 3 is 2.03 bits per heavy atom. The normalized spacial score (nSPS) is 18.1. The molecule has 0 bridgehead atoms. The van der Waals surface area contributed by atoms with Crippen molar-refractivity contribution in [3.05, 3.63) is 76.9 Å². The van der Waals surface area contributed by atoms with Crippen LogP contribution in [0.25, 0.3) is 0 Å². The molecule has 0 atom stereocenters. The van der Waals surface area contributed by atoms with Crippen LogP contribution < -0.4 is 4.74 Å². The van der Waals surface area contributed by atoms with Crippen molar-refractivity contribution >= 4 is 0 Å². The maximum Gasteiger partial charge on any atom is 0.122 e. The second-order valence-corrected chi connectivity index (χ2v) is 11.2. The number of ether oxygens (including phenoxy) is 1. The molecule has 1 saturated carbocycles. The highest BCUT2D eigenvalue weighted by atomic mass is 16.5. The molecule has 198 valence electrons. The van der Waals surface area contributed by atoms with Crippen LogP contribution in [0, 0.1) is 11.8 Å². The number of methoxy groups -OCH3 is 1. The fourth-order valence-corrected chi connectivity index (χ4v) is 5.98. The average molecular weight is 489 g/mol. The van der Waals surface area contributed by atoms with Crippen molar-refractivity contribution in [2.24, 2.45) is 11.8 Å². The number of hydrogen-bond acceptors (Lipinski definition) is 1. The quantitative estimate of drug-likeness (QED) is 0.169. The maximum absolute atomic E-state index is 5.62. The first kappa shape index (κ1) is 28.5. The van der Waals surface area contributed by atoms with Gasteiger partial charge in [0.15, 0.2) is 0 Å². The largest absolute Gasteiger partial charge is 0.496 e. The number of unbranched alkanes of at least 4 members (excludes halogenated alkanes) is 3. The first-order chi connectivity index (χ1) is 17.7. The maximum atomic E-state index is 5.62. The lowest BCUT2D eigenvalue weighted by Crippen LogP contribution is -2.15. The van der Waals surface area contributed by atoms with Gasteiger partial charge in [0.2, 0.25) is 0 Å². The molecule has 0 aliphatic heterocycles. The third-order valence-electron chi connectivity index (χ3n) is 8.39. The van der Waals surface area contributed by atoms with Crippen LogP contribution in [0.5, 0.6) is 5.75 Å². The zero-order valence-electron chi connectivity index (χ0n) is 23.6. The third-order valence-corrected chi connectivity index (χ3v) is 8.39. The van der Waals surface area contributed by atoms with Gasteiger partial charge in [-0.1, -0.05) is 107 Å². The van der Waals surface area contributed by atoms with E-state index in [1.807, 2.05) is 7.11 Å². The fraction of sp³-hybridized carbons (Fsp3) is 0.600. The van der Waals surface area contributed by atoms with E-state index in [-0.39, 0.29) is 0 Å². The lowest BCUT2D eigenvalue weighted by Gasteiger charge is -2.28. The van der Waals surface area contributed by atoms with Crippen LogP contribution in [0.2, 0.25) is 0 Å². The predicted molar refractivity (Wildman–Crippen MR) is 157 cm³/mol. The van der Waals surface area contributed by atoms with E-state index >= 15 is 0 Å². The number of benzene rings is 2. The van der Waals surface area contributed by atoms with Crippen LogP contribution in [0.4, 0.5) is 0 Å². The van der Waals surface area contributed by atoms with E-state index in [4.69, 9.17) is 4.74 Å². The molecule has 1 fully saturated rings. The van der Waals surface area contributed by atoms with Gasteiger partial charge in [-0.05, 0) is 98.4 Å². The summed E-state index contributed by atoms with van der Waals surface area (Å²) in [6.07, 6.45) is 25.5. The Morgan fingerprint density at radius 1 is 0.722 bits per heavy atom. The van der Waals surface area contributed by atoms with Gasteiger partial charge >= 0.3 is 0 Å². The second kappa shape index (κ2) is 16.7. The van der Waals surface area contributed by atoms with E-state index in [9.17, 15) is 0 Å². The zero-order valence-corrected chi connectivity index (χ0v) is 23.6. The summed E-state index contributed by atoms with van der Waals surface area (Å²) in [4.78, 5) is 0. The van der Waals surface area contributed by atoms with Gasteiger partial charge < -0.3 is 4.74 Å². The highest BCUT2D eigenvalue weighted by Crippen LogP contribution is 2.34. The molecule has 1 aliphatic rings. The predicted octanol–water partition coefficient (Wildman–Crippen LogP) is 10.1. The van der Waals surface area contributed by atoms with Crippen molar-refractivity contribution in [3.63, 3.8) is 0 Å². The lowest BCUT2D eigenvalue weighted by atomic mass is 9.77. The molecule has 0 N–H and O–H groups in total. The van der Waals surface area contributed by atoms with E-state index in [0.717, 1.165) is 36.8 Å². The van der Waals surface area contributed by atoms with Crippen LogP contribution in [-0.4, -0.2) is 7.11 Å². The van der Waals surface area contributed by atoms with Gasteiger partial charge in [0.25, 0.3) is 0 Å². The summed E-state index contributed by atoms with van der Waals surface area (Å²) in [6, 6.07) is 16.3. The highest BCUT2D eigenvalue weighted by molar-refractivity contribution is 5.37. The van der Waals surface area contributed by atoms with Gasteiger partial charge in [0, 0.05) is 0 Å². The Balaban J connectivity index is 1.30. The number of allylic oxidation sites excluding steroid dienone is 2. The Hall–Kier alpha value is -2.02. The molecule has 3 rings (SSSR count). The number of rotatable bonds is 16. The molecule has 0 unspecified atom stereocenters. The molecule has 0 radical (unpaired) electrons. The molecular weight excluding hydrogens is 436 g/mol. The van der Waals surface area contributed by atoms with Gasteiger partial charge in [-0.15, -0.1) is 0 Å². The topological polar surface area (TPSA) is 9.23 Å². The molecule has 0 amide bonds. The summed E-state index contributed by atoms with van der Waals surface area (Å²) in [7, 11) is 1.81. The van der Waals surface area contributed by atoms with E-state index in [2.05, 4.69) is 68.5 Å². The Labute approximate surface area is 222 Å². The molecule has 1 aliphatic carbocycles. The van der Waals surface area contributed by atoms with Gasteiger partial charge in [-0.2, -0.15) is 0 Å². The van der Waals surface area contributed by atoms with Gasteiger partial charge in [-0.3, -0.25) is 0 Å². The van der Waals surface area contributed by atoms with Crippen LogP contribution in [0.15, 0.2) is 54.6 Å². The van der Waals surface area contributed by atoms with Gasteiger partial charge in [-0.25, -0.2) is 0 Å². The molecule has 0 saturated heterocycles. The van der Waals surface area contributed by atoms with E-state index in [1.54, 1.807) is 0 Å². The summed E-state index contributed by atoms with van der Waals surface area (Å²) in [5.74, 6) is 2.98. The molecule has 1 nitrogen and oxygen atoms in total. The molecule has 1 heteroatoms. The Bertz CT molecular complexity index is 870. The minimum absolute atomic E-state index is 0.929. The van der Waals surface area contributed by atoms with Crippen molar-refractivity contribution in [2.45, 2.75) is 117 Å². The summed E-state index contributed by atoms with van der Waals surface area (Å²) >= 11 is 0. The monoisotopic (exact) mass is 488 g/mol. The summed E-state index contributed by atoms with van der Waals surface area (Å²) in [5.41, 5.74) is 5.90. The van der Waals surface area contributed by atoms with Crippen molar-refractivity contribution in [1.82, 2.24) is 0 Å². The molecule has 0 heterocycles. The minimum atomic E-state index is 0.929. The van der Waals surface area contributed by atoms with Crippen molar-refractivity contribution < 1.29 is 4.74 Å². The van der Waals surface area contributed by atoms with Crippen LogP contribution >= 0.6 is 0 Å². The van der Waals surface area contributed by atoms with E-state index < -0.39 is 0 Å². The Morgan fingerprint density at radius 2 is 1.36 bits per heavy atom. The first-order valence-electron chi connectivity index (χ1n) is 15.1. The second-order valence-electron chi connectivity index (χ2n) is 11.2. The Kier molecular flexibility index (Phi) is 13.2. The minimum Gasteiger partial charge on any atom is -0.496 e. The van der Waals surface area contributed by atoms with E-state index in [1.165, 1.54) is 106 Å². The average Bonchev–Trinajstić information content (AvgIpc) is 2.92. The fourth-order valence-electron chi connectivity index (χ4n) is 5.98. The lowest BCUT2D eigenvalue weighted by molar-refractivity contribution is 0.249. The number of aryl methyl sites for hydroxylation is 4. The third kappa shape index (κ3) is 10.2. The van der Waals surface area contributed by atoms with Crippen LogP contribution in [0.3, 0.4) is 0 Å². The van der Waals surface area contributed by atoms with Crippen LogP contribution in [-0.2, 0) is 25.7 Å². The van der Waals surface area contributed by atoms with Gasteiger partial charge in [0.1, 0.15) is 5.75 Å². The summed E-state index contributed by atoms with van der Waals surface area (Å²) in [5, 5.41) is 0. The van der Waals surface area contributed by atoms with Crippen molar-refractivity contribution in [2.75, 3.05) is 7.11 Å². The van der Waals surface area contributed by atoms with Crippen molar-refractivity contribution in [1.29, 1.82) is 0 Å². The van der Waals surface area contributed by atoms with Crippen LogP contribution in [0.1, 0.15) is 113 Å². The smallest absolute Gasteiger partial charge is 0.122 e. The van der Waals surface area contributed by atoms with Gasteiger partial charge in [0.05, 0.1) is 7.11 Å². The standard InChI is InChI=1S/C35H52O/c1-4-6-8-12-29-16-18-30(19-17-29)13-10-11-14-31-20-22-32(23-21-31)24-25-33-26-27-35(36-3)34(28-33)15-9-7-5-2/h4,6,16-19,26-28,31-32H,5,7-15,20-25H2,1-3H3/b6-4+. The van der Waals surface area contributed by atoms with Crippen molar-refractivity contribution in [3.8, 4) is 5.75 Å². The number of hydrogen-bond donors (Lipinski definition) is 0. The first-order valence-corrected chi connectivity index (χ1v) is 15.1. The SMILES string of the molecule is C/C=C/CCc1ccc(CCCCC2CCC(CCc3ccc(OC)c(CCCCC)c3)CC2)cc1. The molecule has 2 aromatic rings. The molecule has 2 aromatic carbocycles. The molecule has 36 heavy (non-hydrogen) atoms. The highest BCUT2D eigenvalue weighted by Gasteiger charge is 2.21. The summed E-state index contributed by atoms with van der Waals surface area (Å²) in [6.45, 7) is 4.37. The zero-order chi connectivity index (χ0) is 25.4. The molecule has 0 spiro atoms. The van der Waals surface area contributed by atoms with E-state index in [0.29, 0.717) is 0 Å². The molecule has 0 aromatic heterocycles. The summed E-state index contributed by atoms with van der Waals surface area (Å²) < 4.78 is 5.62. The molecular formula is C35H52O.